The molecule has 0 amide bonds. The van der Waals surface area contributed by atoms with E-state index in [0.29, 0.717) is 0 Å². The van der Waals surface area contributed by atoms with E-state index in [0.717, 1.165) is 29.9 Å². The first-order valence-corrected chi connectivity index (χ1v) is 7.58. The monoisotopic (exact) mass is 287 g/mol. The predicted molar refractivity (Wildman–Crippen MR) is 91.4 cm³/mol. The molecule has 0 radical (unpaired) electrons. The molecule has 0 bridgehead atoms. The van der Waals surface area contributed by atoms with E-state index >= 15 is 0 Å². The lowest BCUT2D eigenvalue weighted by Gasteiger charge is -2.06. The van der Waals surface area contributed by atoms with Crippen LogP contribution in [0.4, 0.5) is 5.82 Å². The summed E-state index contributed by atoms with van der Waals surface area (Å²) < 4.78 is 0. The van der Waals surface area contributed by atoms with Crippen molar-refractivity contribution in [1.29, 1.82) is 0 Å². The van der Waals surface area contributed by atoms with Gasteiger partial charge in [0.1, 0.15) is 5.82 Å². The Bertz CT molecular complexity index is 881. The van der Waals surface area contributed by atoms with Crippen LogP contribution in [0.25, 0.3) is 10.9 Å². The number of rotatable bonds is 2. The molecule has 1 aliphatic carbocycles. The van der Waals surface area contributed by atoms with E-state index in [4.69, 9.17) is 0 Å². The third kappa shape index (κ3) is 2.25. The maximum absolute atomic E-state index is 4.63. The molecule has 0 atom stereocenters. The normalized spacial score (nSPS) is 15.2. The van der Waals surface area contributed by atoms with Gasteiger partial charge in [-0.15, -0.1) is 0 Å². The van der Waals surface area contributed by atoms with Crippen LogP contribution in [0.3, 0.4) is 0 Å². The number of hydrazone groups is 1. The molecule has 108 valence electrons. The summed E-state index contributed by atoms with van der Waals surface area (Å²) in [6.45, 7) is 2.10. The Hall–Kier alpha value is -2.68. The van der Waals surface area contributed by atoms with Crippen LogP contribution in [-0.2, 0) is 6.42 Å². The largest absolute Gasteiger partial charge is 0.261 e. The topological polar surface area (TPSA) is 37.3 Å². The maximum atomic E-state index is 4.63. The number of pyridine rings is 1. The van der Waals surface area contributed by atoms with Gasteiger partial charge in [-0.2, -0.15) is 5.10 Å². The summed E-state index contributed by atoms with van der Waals surface area (Å²) in [5.41, 5.74) is 9.09. The number of aromatic nitrogens is 1. The van der Waals surface area contributed by atoms with Gasteiger partial charge in [-0.1, -0.05) is 42.5 Å². The van der Waals surface area contributed by atoms with Gasteiger partial charge < -0.3 is 0 Å². The van der Waals surface area contributed by atoms with Crippen LogP contribution in [0, 0.1) is 6.92 Å². The van der Waals surface area contributed by atoms with Gasteiger partial charge in [-0.05, 0) is 43.0 Å². The van der Waals surface area contributed by atoms with Gasteiger partial charge in [0.05, 0.1) is 11.2 Å². The Labute approximate surface area is 129 Å². The average Bonchev–Trinajstić information content (AvgIpc) is 2.96. The van der Waals surface area contributed by atoms with Crippen molar-refractivity contribution in [2.45, 2.75) is 19.8 Å². The molecule has 3 aromatic rings. The van der Waals surface area contributed by atoms with Crippen LogP contribution in [0.1, 0.15) is 23.1 Å². The van der Waals surface area contributed by atoms with Crippen molar-refractivity contribution in [3.05, 3.63) is 71.3 Å². The van der Waals surface area contributed by atoms with Crippen molar-refractivity contribution in [2.75, 3.05) is 5.43 Å². The zero-order valence-corrected chi connectivity index (χ0v) is 12.5. The van der Waals surface area contributed by atoms with Crippen molar-refractivity contribution in [1.82, 2.24) is 4.98 Å². The molecule has 3 nitrogen and oxygen atoms in total. The molecule has 0 spiro atoms. The summed E-state index contributed by atoms with van der Waals surface area (Å²) in [4.78, 5) is 4.63. The highest BCUT2D eigenvalue weighted by molar-refractivity contribution is 6.04. The average molecular weight is 287 g/mol. The fraction of sp³-hybridized carbons (Fsp3) is 0.158. The fourth-order valence-corrected chi connectivity index (χ4v) is 3.06. The third-order valence-electron chi connectivity index (χ3n) is 4.19. The molecule has 0 saturated heterocycles. The number of nitrogens with one attached hydrogen (secondary N) is 1. The van der Waals surface area contributed by atoms with Crippen LogP contribution in [0.15, 0.2) is 59.7 Å². The van der Waals surface area contributed by atoms with Gasteiger partial charge in [-0.3, -0.25) is 5.43 Å². The molecule has 0 fully saturated rings. The minimum absolute atomic E-state index is 0.799. The lowest BCUT2D eigenvalue weighted by molar-refractivity contribution is 1.09. The lowest BCUT2D eigenvalue weighted by Crippen LogP contribution is -2.01. The molecule has 1 aliphatic rings. The number of fused-ring (bicyclic) bond motifs is 2. The molecule has 1 N–H and O–H groups in total. The maximum Gasteiger partial charge on any atom is 0.147 e. The number of hydrogen-bond donors (Lipinski definition) is 1. The number of benzene rings is 2. The number of hydrogen-bond acceptors (Lipinski definition) is 3. The third-order valence-corrected chi connectivity index (χ3v) is 4.19. The van der Waals surface area contributed by atoms with E-state index < -0.39 is 0 Å². The van der Waals surface area contributed by atoms with Gasteiger partial charge >= 0.3 is 0 Å². The Balaban J connectivity index is 1.66. The molecule has 2 aromatic carbocycles. The molecular weight excluding hydrogens is 270 g/mol. The minimum Gasteiger partial charge on any atom is -0.261 e. The Morgan fingerprint density at radius 3 is 2.77 bits per heavy atom. The second-order valence-corrected chi connectivity index (χ2v) is 5.67. The van der Waals surface area contributed by atoms with Crippen LogP contribution < -0.4 is 5.43 Å². The van der Waals surface area contributed by atoms with Crippen LogP contribution >= 0.6 is 0 Å². The first kappa shape index (κ1) is 13.0. The number of para-hydroxylation sites is 1. The van der Waals surface area contributed by atoms with Crippen molar-refractivity contribution < 1.29 is 0 Å². The van der Waals surface area contributed by atoms with E-state index in [2.05, 4.69) is 52.8 Å². The van der Waals surface area contributed by atoms with Crippen molar-refractivity contribution in [2.24, 2.45) is 5.10 Å². The molecular formula is C19H17N3. The highest BCUT2D eigenvalue weighted by atomic mass is 15.3. The molecule has 1 heterocycles. The molecule has 3 heteroatoms. The van der Waals surface area contributed by atoms with Crippen LogP contribution in [-0.4, -0.2) is 10.7 Å². The summed E-state index contributed by atoms with van der Waals surface area (Å²) in [7, 11) is 0. The van der Waals surface area contributed by atoms with E-state index in [-0.39, 0.29) is 0 Å². The Morgan fingerprint density at radius 1 is 1.00 bits per heavy atom. The summed E-state index contributed by atoms with van der Waals surface area (Å²) in [5, 5.41) is 5.77. The van der Waals surface area contributed by atoms with E-state index in [1.54, 1.807) is 0 Å². The summed E-state index contributed by atoms with van der Waals surface area (Å²) >= 11 is 0. The van der Waals surface area contributed by atoms with E-state index in [1.165, 1.54) is 22.1 Å². The molecule has 0 saturated carbocycles. The number of aryl methyl sites for hydroxylation is 2. The summed E-state index contributed by atoms with van der Waals surface area (Å²) in [6, 6.07) is 18.7. The molecule has 0 unspecified atom stereocenters. The first-order chi connectivity index (χ1) is 10.8. The van der Waals surface area contributed by atoms with Crippen molar-refractivity contribution in [3.63, 3.8) is 0 Å². The predicted octanol–water partition coefficient (Wildman–Crippen LogP) is 4.31. The highest BCUT2D eigenvalue weighted by Gasteiger charge is 2.16. The second-order valence-electron chi connectivity index (χ2n) is 5.67. The molecule has 1 aromatic heterocycles. The highest BCUT2D eigenvalue weighted by Crippen LogP contribution is 2.23. The second kappa shape index (κ2) is 5.26. The summed E-state index contributed by atoms with van der Waals surface area (Å²) in [6.07, 6.45) is 2.06. The van der Waals surface area contributed by atoms with Gasteiger partial charge in [0.2, 0.25) is 0 Å². The number of nitrogens with zero attached hydrogens (tertiary/aromatic N) is 2. The molecule has 0 aliphatic heterocycles. The van der Waals surface area contributed by atoms with Crippen molar-refractivity contribution in [3.8, 4) is 0 Å². The zero-order chi connectivity index (χ0) is 14.9. The zero-order valence-electron chi connectivity index (χ0n) is 12.5. The van der Waals surface area contributed by atoms with Crippen LogP contribution in [0.2, 0.25) is 0 Å². The fourth-order valence-electron chi connectivity index (χ4n) is 3.06. The number of anilines is 1. The van der Waals surface area contributed by atoms with Gasteiger partial charge in [0.25, 0.3) is 0 Å². The molecule has 4 rings (SSSR count). The lowest BCUT2D eigenvalue weighted by atomic mass is 10.1. The standard InChI is InChI=1S/C19H17N3/c1-13-12-19(20-17-9-5-4-7-15(13)17)22-21-18-11-10-14-6-2-3-8-16(14)18/h2-9,12H,10-11H2,1H3,(H,20,22)/b21-18+. The Morgan fingerprint density at radius 2 is 1.82 bits per heavy atom. The Kier molecular flexibility index (Phi) is 3.11. The van der Waals surface area contributed by atoms with Crippen molar-refractivity contribution >= 4 is 22.4 Å². The first-order valence-electron chi connectivity index (χ1n) is 7.58. The van der Waals surface area contributed by atoms with Crippen LogP contribution in [0.5, 0.6) is 0 Å². The van der Waals surface area contributed by atoms with Gasteiger partial charge in [0.15, 0.2) is 0 Å². The molecule has 22 heavy (non-hydrogen) atoms. The summed E-state index contributed by atoms with van der Waals surface area (Å²) in [5.74, 6) is 0.799. The van der Waals surface area contributed by atoms with E-state index in [1.807, 2.05) is 24.3 Å². The van der Waals surface area contributed by atoms with E-state index in [9.17, 15) is 0 Å². The minimum atomic E-state index is 0.799. The quantitative estimate of drug-likeness (QED) is 0.713. The van der Waals surface area contributed by atoms with Gasteiger partial charge in [0, 0.05) is 10.9 Å². The van der Waals surface area contributed by atoms with Gasteiger partial charge in [-0.25, -0.2) is 4.98 Å². The SMILES string of the molecule is Cc1cc(N/N=C2\CCc3ccccc32)nc2ccccc12. The smallest absolute Gasteiger partial charge is 0.147 e.